The van der Waals surface area contributed by atoms with E-state index >= 15 is 0 Å². The second-order valence-corrected chi connectivity index (χ2v) is 5.13. The van der Waals surface area contributed by atoms with Crippen LogP contribution in [0.15, 0.2) is 68.4 Å². The molecule has 0 spiro atoms. The molecule has 0 saturated carbocycles. The van der Waals surface area contributed by atoms with E-state index in [4.69, 9.17) is 13.3 Å². The van der Waals surface area contributed by atoms with Crippen LogP contribution >= 0.6 is 11.3 Å². The minimum atomic E-state index is 0.713. The van der Waals surface area contributed by atoms with Gasteiger partial charge in [-0.25, -0.2) is 4.98 Å². The maximum Gasteiger partial charge on any atom is 0.162 e. The molecule has 0 aromatic carbocycles. The van der Waals surface area contributed by atoms with Gasteiger partial charge in [0, 0.05) is 0 Å². The van der Waals surface area contributed by atoms with Crippen molar-refractivity contribution in [3.63, 3.8) is 0 Å². The fourth-order valence-electron chi connectivity index (χ4n) is 1.98. The molecule has 0 N–H and O–H groups in total. The number of aromatic nitrogens is 1. The molecule has 0 aliphatic rings. The summed E-state index contributed by atoms with van der Waals surface area (Å²) in [6, 6.07) is 11.2. The zero-order valence-electron chi connectivity index (χ0n) is 10.3. The summed E-state index contributed by atoms with van der Waals surface area (Å²) in [5.41, 5.74) is 0.765. The molecule has 0 unspecified atom stereocenters. The number of furan rings is 3. The largest absolute Gasteiger partial charge is 0.463 e. The van der Waals surface area contributed by atoms with Crippen molar-refractivity contribution in [2.75, 3.05) is 0 Å². The molecule has 0 radical (unpaired) electrons. The van der Waals surface area contributed by atoms with E-state index in [0.717, 1.165) is 27.1 Å². The summed E-state index contributed by atoms with van der Waals surface area (Å²) < 4.78 is 16.4. The number of rotatable bonds is 3. The molecule has 0 amide bonds. The topological polar surface area (TPSA) is 52.3 Å². The van der Waals surface area contributed by atoms with Crippen LogP contribution in [0, 0.1) is 0 Å². The Hall–Kier alpha value is -2.53. The van der Waals surface area contributed by atoms with E-state index in [1.165, 1.54) is 11.3 Å². The predicted octanol–water partition coefficient (Wildman–Crippen LogP) is 4.92. The molecule has 0 bridgehead atoms. The Kier molecular flexibility index (Phi) is 2.57. The molecule has 0 fully saturated rings. The third-order valence-electron chi connectivity index (χ3n) is 2.86. The molecule has 0 saturated heterocycles. The Bertz CT molecular complexity index is 744. The number of thiazole rings is 1. The molecule has 4 aromatic rings. The van der Waals surface area contributed by atoms with E-state index in [-0.39, 0.29) is 0 Å². The Morgan fingerprint density at radius 1 is 0.750 bits per heavy atom. The molecule has 0 atom stereocenters. The fraction of sp³-hybridized carbons (Fsp3) is 0. The smallest absolute Gasteiger partial charge is 0.162 e. The van der Waals surface area contributed by atoms with E-state index in [2.05, 4.69) is 4.98 Å². The van der Waals surface area contributed by atoms with Crippen molar-refractivity contribution in [1.29, 1.82) is 0 Å². The minimum Gasteiger partial charge on any atom is -0.463 e. The summed E-state index contributed by atoms with van der Waals surface area (Å²) in [5, 5.41) is 0.799. The molecular weight excluding hydrogens is 274 g/mol. The van der Waals surface area contributed by atoms with Crippen molar-refractivity contribution in [3.8, 4) is 32.9 Å². The van der Waals surface area contributed by atoms with Gasteiger partial charge < -0.3 is 13.3 Å². The van der Waals surface area contributed by atoms with Crippen LogP contribution in [0.2, 0.25) is 0 Å². The fourth-order valence-corrected chi connectivity index (χ4v) is 2.99. The predicted molar refractivity (Wildman–Crippen MR) is 75.2 cm³/mol. The van der Waals surface area contributed by atoms with Gasteiger partial charge in [0.1, 0.15) is 16.3 Å². The molecule has 0 aliphatic heterocycles. The van der Waals surface area contributed by atoms with Crippen LogP contribution in [0.3, 0.4) is 0 Å². The third-order valence-corrected chi connectivity index (χ3v) is 3.94. The van der Waals surface area contributed by atoms with Gasteiger partial charge in [0.25, 0.3) is 0 Å². The van der Waals surface area contributed by atoms with Crippen LogP contribution in [-0.2, 0) is 0 Å². The summed E-state index contributed by atoms with van der Waals surface area (Å²) >= 11 is 1.51. The highest BCUT2D eigenvalue weighted by atomic mass is 32.1. The lowest BCUT2D eigenvalue weighted by molar-refractivity contribution is 0.574. The first-order valence-electron chi connectivity index (χ1n) is 6.04. The van der Waals surface area contributed by atoms with E-state index in [1.54, 1.807) is 18.8 Å². The Morgan fingerprint density at radius 3 is 1.95 bits per heavy atom. The van der Waals surface area contributed by atoms with Crippen LogP contribution < -0.4 is 0 Å². The van der Waals surface area contributed by atoms with Crippen LogP contribution in [0.1, 0.15) is 0 Å². The van der Waals surface area contributed by atoms with E-state index in [9.17, 15) is 0 Å². The first-order chi connectivity index (χ1) is 9.92. The first kappa shape index (κ1) is 11.3. The molecule has 98 valence electrons. The molecule has 5 heteroatoms. The Balaban J connectivity index is 1.92. The van der Waals surface area contributed by atoms with Crippen LogP contribution in [0.5, 0.6) is 0 Å². The van der Waals surface area contributed by atoms with Crippen molar-refractivity contribution in [1.82, 2.24) is 4.98 Å². The zero-order valence-corrected chi connectivity index (χ0v) is 11.1. The molecule has 0 aliphatic carbocycles. The maximum atomic E-state index is 5.49. The number of nitrogens with zero attached hydrogens (tertiary/aromatic N) is 1. The van der Waals surface area contributed by atoms with Crippen molar-refractivity contribution in [2.24, 2.45) is 0 Å². The van der Waals surface area contributed by atoms with Gasteiger partial charge >= 0.3 is 0 Å². The second kappa shape index (κ2) is 4.54. The average Bonchev–Trinajstić information content (AvgIpc) is 3.22. The van der Waals surface area contributed by atoms with Gasteiger partial charge in [-0.2, -0.15) is 0 Å². The molecule has 4 rings (SSSR count). The van der Waals surface area contributed by atoms with Crippen molar-refractivity contribution < 1.29 is 13.3 Å². The van der Waals surface area contributed by atoms with Gasteiger partial charge in [0.15, 0.2) is 16.5 Å². The van der Waals surface area contributed by atoms with Gasteiger partial charge in [-0.1, -0.05) is 0 Å². The summed E-state index contributed by atoms with van der Waals surface area (Å²) in [5.74, 6) is 2.22. The number of hydrogen-bond acceptors (Lipinski definition) is 5. The van der Waals surface area contributed by atoms with E-state index in [1.807, 2.05) is 36.4 Å². The number of hydrogen-bond donors (Lipinski definition) is 0. The summed E-state index contributed by atoms with van der Waals surface area (Å²) in [6.45, 7) is 0. The van der Waals surface area contributed by atoms with E-state index in [0.29, 0.717) is 5.76 Å². The molecule has 20 heavy (non-hydrogen) atoms. The average molecular weight is 283 g/mol. The van der Waals surface area contributed by atoms with Crippen molar-refractivity contribution in [2.45, 2.75) is 0 Å². The summed E-state index contributed by atoms with van der Waals surface area (Å²) in [6.07, 6.45) is 4.91. The first-order valence-corrected chi connectivity index (χ1v) is 6.86. The summed E-state index contributed by atoms with van der Waals surface area (Å²) in [4.78, 5) is 5.55. The lowest BCUT2D eigenvalue weighted by atomic mass is 10.2. The van der Waals surface area contributed by atoms with Crippen molar-refractivity contribution in [3.05, 3.63) is 55.2 Å². The Morgan fingerprint density at radius 2 is 1.35 bits per heavy atom. The lowest BCUT2D eigenvalue weighted by Gasteiger charge is -1.94. The van der Waals surface area contributed by atoms with E-state index < -0.39 is 0 Å². The van der Waals surface area contributed by atoms with Crippen LogP contribution in [0.25, 0.3) is 32.9 Å². The molecule has 4 heterocycles. The molecular formula is C15H9NO3S. The quantitative estimate of drug-likeness (QED) is 0.535. The standard InChI is InChI=1S/C15H9NO3S/c1-4-10(17-7-1)13-14(11-5-2-8-18-11)20-15(16-13)12-6-3-9-19-12/h1-9H. The summed E-state index contributed by atoms with van der Waals surface area (Å²) in [7, 11) is 0. The second-order valence-electron chi connectivity index (χ2n) is 4.13. The van der Waals surface area contributed by atoms with Gasteiger partial charge in [0.2, 0.25) is 0 Å². The molecule has 4 nitrogen and oxygen atoms in total. The van der Waals surface area contributed by atoms with Crippen molar-refractivity contribution >= 4 is 11.3 Å². The highest BCUT2D eigenvalue weighted by molar-refractivity contribution is 7.18. The Labute approximate surface area is 118 Å². The normalized spacial score (nSPS) is 11.0. The van der Waals surface area contributed by atoms with Gasteiger partial charge in [0.05, 0.1) is 18.8 Å². The third kappa shape index (κ3) is 1.80. The van der Waals surface area contributed by atoms with Crippen LogP contribution in [0.4, 0.5) is 0 Å². The molecule has 4 aromatic heterocycles. The zero-order chi connectivity index (χ0) is 13.4. The van der Waals surface area contributed by atoms with Gasteiger partial charge in [-0.15, -0.1) is 11.3 Å². The van der Waals surface area contributed by atoms with Crippen LogP contribution in [-0.4, -0.2) is 4.98 Å². The SMILES string of the molecule is c1coc(-c2nc(-c3ccco3)c(-c3ccco3)s2)c1. The monoisotopic (exact) mass is 283 g/mol. The highest BCUT2D eigenvalue weighted by Gasteiger charge is 2.20. The lowest BCUT2D eigenvalue weighted by Crippen LogP contribution is -1.78. The minimum absolute atomic E-state index is 0.713. The highest BCUT2D eigenvalue weighted by Crippen LogP contribution is 2.40. The maximum absolute atomic E-state index is 5.49. The van der Waals surface area contributed by atoms with Gasteiger partial charge in [-0.05, 0) is 36.4 Å². The van der Waals surface area contributed by atoms with Gasteiger partial charge in [-0.3, -0.25) is 0 Å².